The number of benzene rings is 1. The van der Waals surface area contributed by atoms with Gasteiger partial charge in [0.2, 0.25) is 5.95 Å². The van der Waals surface area contributed by atoms with E-state index >= 15 is 4.39 Å². The zero-order chi connectivity index (χ0) is 30.0. The van der Waals surface area contributed by atoms with Crippen molar-refractivity contribution in [2.24, 2.45) is 10.9 Å². The average molecular weight is 601 g/mol. The fraction of sp³-hybridized carbons (Fsp3) is 0.300. The number of amides is 1. The molecule has 4 aromatic rings. The fourth-order valence-corrected chi connectivity index (χ4v) is 6.16. The number of carbonyl (C=O) groups excluding carboxylic acids is 1. The second-order valence-electron chi connectivity index (χ2n) is 11.9. The number of hydrogen-bond donors (Lipinski definition) is 1. The van der Waals surface area contributed by atoms with E-state index in [1.165, 1.54) is 17.1 Å². The van der Waals surface area contributed by atoms with Gasteiger partial charge >= 0.3 is 6.09 Å². The molecule has 218 valence electrons. The molecule has 1 N–H and O–H groups in total. The van der Waals surface area contributed by atoms with Crippen LogP contribution in [0.3, 0.4) is 0 Å². The maximum absolute atomic E-state index is 15.1. The summed E-state index contributed by atoms with van der Waals surface area (Å²) in [6.07, 6.45) is 3.74. The van der Waals surface area contributed by atoms with E-state index in [0.717, 1.165) is 29.0 Å². The Labute approximate surface area is 250 Å². The summed E-state index contributed by atoms with van der Waals surface area (Å²) in [7, 11) is 0. The Hall–Kier alpha value is -4.71. The first kappa shape index (κ1) is 27.1. The van der Waals surface area contributed by atoms with E-state index in [2.05, 4.69) is 30.8 Å². The van der Waals surface area contributed by atoms with Crippen molar-refractivity contribution in [3.05, 3.63) is 87.6 Å². The number of tetrazole rings is 1. The lowest BCUT2D eigenvalue weighted by Crippen LogP contribution is -2.29. The van der Waals surface area contributed by atoms with Gasteiger partial charge in [-0.25, -0.2) is 9.78 Å². The molecule has 43 heavy (non-hydrogen) atoms. The number of aromatic nitrogens is 6. The second-order valence-corrected chi connectivity index (χ2v) is 12.3. The van der Waals surface area contributed by atoms with Gasteiger partial charge in [0.25, 0.3) is 5.56 Å². The molecule has 1 fully saturated rings. The number of fused-ring (bicyclic) bond motifs is 3. The third-order valence-corrected chi connectivity index (χ3v) is 8.02. The van der Waals surface area contributed by atoms with Crippen molar-refractivity contribution in [2.45, 2.75) is 51.2 Å². The number of anilines is 1. The zero-order valence-electron chi connectivity index (χ0n) is 23.5. The van der Waals surface area contributed by atoms with Crippen molar-refractivity contribution in [3.8, 4) is 16.8 Å². The molecule has 3 aromatic heterocycles. The minimum absolute atomic E-state index is 0.0473. The van der Waals surface area contributed by atoms with Crippen LogP contribution >= 0.6 is 11.6 Å². The number of halogens is 2. The Balaban J connectivity index is 1.13. The van der Waals surface area contributed by atoms with Crippen LogP contribution in [0.5, 0.6) is 0 Å². The number of allylic oxidation sites excluding steroid dienone is 1. The molecule has 1 amide bonds. The number of nitrogens with one attached hydrogen (secondary N) is 1. The highest BCUT2D eigenvalue weighted by atomic mass is 35.5. The van der Waals surface area contributed by atoms with E-state index < -0.39 is 17.6 Å². The molecule has 5 heterocycles. The highest BCUT2D eigenvalue weighted by molar-refractivity contribution is 6.31. The van der Waals surface area contributed by atoms with E-state index in [1.807, 2.05) is 16.7 Å². The number of ether oxygens (including phenoxy) is 1. The van der Waals surface area contributed by atoms with Gasteiger partial charge < -0.3 is 9.30 Å². The second kappa shape index (κ2) is 9.94. The maximum atomic E-state index is 15.1. The Morgan fingerprint density at radius 1 is 1.14 bits per heavy atom. The average Bonchev–Trinajstić information content (AvgIpc) is 3.28. The number of aliphatic imine (C=N–C) groups is 1. The smallest absolute Gasteiger partial charge is 0.413 e. The molecular weight excluding hydrogens is 575 g/mol. The molecule has 0 radical (unpaired) electrons. The van der Waals surface area contributed by atoms with E-state index in [-0.39, 0.29) is 34.8 Å². The van der Waals surface area contributed by atoms with Crippen molar-refractivity contribution in [3.63, 3.8) is 0 Å². The van der Waals surface area contributed by atoms with Gasteiger partial charge in [-0.15, -0.1) is 5.10 Å². The summed E-state index contributed by atoms with van der Waals surface area (Å²) in [4.78, 5) is 34.2. The predicted octanol–water partition coefficient (Wildman–Crippen LogP) is 5.57. The van der Waals surface area contributed by atoms with Crippen LogP contribution in [-0.2, 0) is 4.74 Å². The summed E-state index contributed by atoms with van der Waals surface area (Å²) >= 11 is 6.34. The Bertz CT molecular complexity index is 1910. The summed E-state index contributed by atoms with van der Waals surface area (Å²) in [6, 6.07) is 11.9. The van der Waals surface area contributed by atoms with Gasteiger partial charge in [0.1, 0.15) is 17.7 Å². The van der Waals surface area contributed by atoms with Crippen molar-refractivity contribution < 1.29 is 13.9 Å². The van der Waals surface area contributed by atoms with Gasteiger partial charge in [0, 0.05) is 52.2 Å². The normalized spacial score (nSPS) is 20.3. The Morgan fingerprint density at radius 3 is 2.72 bits per heavy atom. The highest BCUT2D eigenvalue weighted by Gasteiger charge is 2.54. The molecule has 11 nitrogen and oxygen atoms in total. The molecule has 7 rings (SSSR count). The Morgan fingerprint density at radius 2 is 1.98 bits per heavy atom. The standard InChI is InChI=1S/C30H26ClFN8O3/c1-30(2,3)43-29(42)36-25-7-5-18(28(32)35-25)16-8-22(33-13-16)27-21-12-20(21)24-9-15(10-26(41)40(24)27)19-11-17(31)4-6-23(19)39-14-34-37-38-39/h4-7,9-11,13-14,20-21,27H,8,12H2,1-3H3,(H,35,36,42)/t20-,21+,27+/m1/s1. The van der Waals surface area contributed by atoms with Crippen molar-refractivity contribution in [2.75, 3.05) is 5.32 Å². The van der Waals surface area contributed by atoms with Crippen LogP contribution in [-0.4, -0.2) is 47.2 Å². The zero-order valence-corrected chi connectivity index (χ0v) is 24.2. The summed E-state index contributed by atoms with van der Waals surface area (Å²) < 4.78 is 23.6. The molecule has 0 spiro atoms. The molecule has 3 aliphatic rings. The molecule has 3 atom stereocenters. The van der Waals surface area contributed by atoms with E-state index in [9.17, 15) is 9.59 Å². The summed E-state index contributed by atoms with van der Waals surface area (Å²) in [5, 5.41) is 14.5. The van der Waals surface area contributed by atoms with Crippen LogP contribution < -0.4 is 10.9 Å². The molecule has 0 bridgehead atoms. The topological polar surface area (TPSA) is 129 Å². The summed E-state index contributed by atoms with van der Waals surface area (Å²) in [5.74, 6) is -0.201. The first-order valence-corrected chi connectivity index (χ1v) is 14.2. The van der Waals surface area contributed by atoms with E-state index in [1.54, 1.807) is 51.2 Å². The molecule has 1 saturated carbocycles. The van der Waals surface area contributed by atoms with Crippen LogP contribution in [0.15, 0.2) is 64.8 Å². The van der Waals surface area contributed by atoms with Crippen molar-refractivity contribution in [1.82, 2.24) is 29.8 Å². The van der Waals surface area contributed by atoms with Crippen molar-refractivity contribution >= 4 is 34.8 Å². The van der Waals surface area contributed by atoms with Gasteiger partial charge in [0.05, 0.1) is 11.7 Å². The quantitative estimate of drug-likeness (QED) is 0.296. The van der Waals surface area contributed by atoms with E-state index in [4.69, 9.17) is 16.3 Å². The van der Waals surface area contributed by atoms with Crippen LogP contribution in [0.4, 0.5) is 15.0 Å². The lowest BCUT2D eigenvalue weighted by Gasteiger charge is -2.20. The molecule has 0 saturated heterocycles. The van der Waals surface area contributed by atoms with Gasteiger partial charge in [0.15, 0.2) is 0 Å². The summed E-state index contributed by atoms with van der Waals surface area (Å²) in [5.41, 5.74) is 4.05. The van der Waals surface area contributed by atoms with Gasteiger partial charge in [-0.1, -0.05) is 11.6 Å². The third kappa shape index (κ3) is 5.01. The number of hydrogen-bond acceptors (Lipinski definition) is 8. The number of nitrogens with zero attached hydrogens (tertiary/aromatic N) is 7. The maximum Gasteiger partial charge on any atom is 0.413 e. The van der Waals surface area contributed by atoms with Crippen molar-refractivity contribution in [1.29, 1.82) is 0 Å². The third-order valence-electron chi connectivity index (χ3n) is 7.79. The molecule has 2 aliphatic heterocycles. The van der Waals surface area contributed by atoms with Crippen LogP contribution in [0.2, 0.25) is 5.02 Å². The van der Waals surface area contributed by atoms with Gasteiger partial charge in [-0.2, -0.15) is 9.07 Å². The molecule has 13 heteroatoms. The fourth-order valence-electron chi connectivity index (χ4n) is 5.99. The number of rotatable bonds is 5. The first-order valence-electron chi connectivity index (χ1n) is 13.8. The molecule has 0 unspecified atom stereocenters. The van der Waals surface area contributed by atoms with Gasteiger partial charge in [-0.05, 0) is 91.1 Å². The predicted molar refractivity (Wildman–Crippen MR) is 158 cm³/mol. The first-order chi connectivity index (χ1) is 20.6. The van der Waals surface area contributed by atoms with E-state index in [0.29, 0.717) is 22.7 Å². The molecule has 1 aliphatic carbocycles. The summed E-state index contributed by atoms with van der Waals surface area (Å²) in [6.45, 7) is 5.21. The monoisotopic (exact) mass is 600 g/mol. The SMILES string of the molecule is CC(C)(C)OC(=O)Nc1ccc(C2=CN=C([C@@H]3[C@H]4C[C@H]4c4cc(-c5cc(Cl)ccc5-n5cnnn5)cc(=O)n43)C2)c(F)n1. The lowest BCUT2D eigenvalue weighted by atomic mass is 9.98. The number of carbonyl (C=O) groups is 1. The lowest BCUT2D eigenvalue weighted by molar-refractivity contribution is 0.0635. The minimum Gasteiger partial charge on any atom is -0.444 e. The Kier molecular flexibility index (Phi) is 6.27. The van der Waals surface area contributed by atoms with Crippen LogP contribution in [0.1, 0.15) is 56.8 Å². The van der Waals surface area contributed by atoms with Crippen LogP contribution in [0.25, 0.3) is 22.4 Å². The molecular formula is C30H26ClFN8O3. The minimum atomic E-state index is -0.728. The number of pyridine rings is 2. The molecule has 1 aromatic carbocycles. The van der Waals surface area contributed by atoms with Gasteiger partial charge in [-0.3, -0.25) is 15.1 Å². The highest BCUT2D eigenvalue weighted by Crippen LogP contribution is 2.60. The largest absolute Gasteiger partial charge is 0.444 e. The van der Waals surface area contributed by atoms with Crippen LogP contribution in [0, 0.1) is 11.9 Å².